The number of hydrogen-bond donors (Lipinski definition) is 2. The zero-order chi connectivity index (χ0) is 11.7. The lowest BCUT2D eigenvalue weighted by atomic mass is 9.93. The van der Waals surface area contributed by atoms with Crippen LogP contribution in [0.1, 0.15) is 30.5 Å². The Morgan fingerprint density at radius 1 is 1.35 bits per heavy atom. The largest absolute Gasteiger partial charge is 0.359 e. The van der Waals surface area contributed by atoms with E-state index in [4.69, 9.17) is 11.6 Å². The minimum Gasteiger partial charge on any atom is -0.359 e. The predicted molar refractivity (Wildman–Crippen MR) is 70.2 cm³/mol. The van der Waals surface area contributed by atoms with Crippen LogP contribution >= 0.6 is 11.6 Å². The molecule has 0 radical (unpaired) electrons. The molecule has 0 aromatic carbocycles. The van der Waals surface area contributed by atoms with Crippen molar-refractivity contribution in [2.24, 2.45) is 0 Å². The van der Waals surface area contributed by atoms with Gasteiger partial charge in [-0.05, 0) is 37.8 Å². The van der Waals surface area contributed by atoms with E-state index in [0.29, 0.717) is 0 Å². The molecule has 3 nitrogen and oxygen atoms in total. The van der Waals surface area contributed by atoms with Crippen molar-refractivity contribution in [3.63, 3.8) is 0 Å². The van der Waals surface area contributed by atoms with Gasteiger partial charge in [-0.3, -0.25) is 4.98 Å². The Morgan fingerprint density at radius 2 is 2.24 bits per heavy atom. The Morgan fingerprint density at radius 3 is 3.00 bits per heavy atom. The molecule has 0 amide bonds. The average molecular weight is 250 g/mol. The average Bonchev–Trinajstić information content (AvgIpc) is 2.30. The second-order valence-corrected chi connectivity index (χ2v) is 5.02. The monoisotopic (exact) mass is 249 g/mol. The highest BCUT2D eigenvalue weighted by Gasteiger charge is 2.16. The van der Waals surface area contributed by atoms with E-state index < -0.39 is 0 Å². The van der Waals surface area contributed by atoms with Crippen LogP contribution in [0.5, 0.6) is 0 Å². The summed E-state index contributed by atoms with van der Waals surface area (Å²) in [6.07, 6.45) is 8.63. The summed E-state index contributed by atoms with van der Waals surface area (Å²) in [4.78, 5) is 4.46. The van der Waals surface area contributed by atoms with Gasteiger partial charge in [-0.15, -0.1) is 0 Å². The lowest BCUT2D eigenvalue weighted by molar-refractivity contribution is 0.627. The van der Waals surface area contributed by atoms with Crippen molar-refractivity contribution >= 4 is 17.3 Å². The number of aromatic nitrogens is 1. The number of fused-ring (bicyclic) bond motifs is 1. The van der Waals surface area contributed by atoms with Gasteiger partial charge in [0, 0.05) is 12.7 Å². The maximum absolute atomic E-state index is 6.41. The highest BCUT2D eigenvalue weighted by Crippen LogP contribution is 2.30. The maximum Gasteiger partial charge on any atom is 0.0758 e. The van der Waals surface area contributed by atoms with Crippen LogP contribution in [-0.2, 0) is 13.0 Å². The van der Waals surface area contributed by atoms with Crippen molar-refractivity contribution < 1.29 is 0 Å². The summed E-state index contributed by atoms with van der Waals surface area (Å²) in [5.74, 6) is 0. The molecule has 2 N–H and O–H groups in total. The zero-order valence-electron chi connectivity index (χ0n) is 9.72. The summed E-state index contributed by atoms with van der Waals surface area (Å²) < 4.78 is 0. The summed E-state index contributed by atoms with van der Waals surface area (Å²) in [7, 11) is 0. The predicted octanol–water partition coefficient (Wildman–Crippen LogP) is 2.86. The molecular formula is C13H16ClN3. The van der Waals surface area contributed by atoms with E-state index >= 15 is 0 Å². The number of nitrogens with one attached hydrogen (secondary N) is 2. The highest BCUT2D eigenvalue weighted by atomic mass is 35.5. The molecule has 1 aliphatic heterocycles. The van der Waals surface area contributed by atoms with Gasteiger partial charge in [0.2, 0.25) is 0 Å². The zero-order valence-corrected chi connectivity index (χ0v) is 10.5. The molecule has 0 atom stereocenters. The third kappa shape index (κ3) is 2.17. The van der Waals surface area contributed by atoms with Crippen LogP contribution in [0.4, 0.5) is 5.69 Å². The van der Waals surface area contributed by atoms with Gasteiger partial charge in [0.25, 0.3) is 0 Å². The highest BCUT2D eigenvalue weighted by molar-refractivity contribution is 6.34. The van der Waals surface area contributed by atoms with Crippen LogP contribution in [0.2, 0.25) is 5.02 Å². The minimum atomic E-state index is 0.830. The molecule has 1 aromatic rings. The van der Waals surface area contributed by atoms with Crippen LogP contribution in [0, 0.1) is 0 Å². The molecule has 0 bridgehead atoms. The van der Waals surface area contributed by atoms with E-state index in [1.54, 1.807) is 0 Å². The van der Waals surface area contributed by atoms with Gasteiger partial charge in [0.05, 0.1) is 22.6 Å². The third-order valence-corrected chi connectivity index (χ3v) is 3.90. The van der Waals surface area contributed by atoms with Crippen LogP contribution in [0.3, 0.4) is 0 Å². The van der Waals surface area contributed by atoms with Gasteiger partial charge >= 0.3 is 0 Å². The normalized spacial score (nSPS) is 18.3. The molecule has 1 fully saturated rings. The van der Waals surface area contributed by atoms with Gasteiger partial charge in [-0.25, -0.2) is 0 Å². The fraction of sp³-hybridized carbons (Fsp3) is 0.462. The van der Waals surface area contributed by atoms with E-state index in [1.165, 1.54) is 30.4 Å². The smallest absolute Gasteiger partial charge is 0.0758 e. The number of hydrogen-bond acceptors (Lipinski definition) is 3. The number of pyridine rings is 1. The first-order valence-corrected chi connectivity index (χ1v) is 6.54. The summed E-state index contributed by atoms with van der Waals surface area (Å²) in [6, 6.07) is 0. The molecule has 90 valence electrons. The van der Waals surface area contributed by atoms with Crippen molar-refractivity contribution in [3.05, 3.63) is 34.2 Å². The number of anilines is 1. The summed E-state index contributed by atoms with van der Waals surface area (Å²) in [5.41, 5.74) is 4.69. The van der Waals surface area contributed by atoms with Crippen molar-refractivity contribution in [2.45, 2.75) is 32.2 Å². The Balaban J connectivity index is 1.84. The minimum absolute atomic E-state index is 0.830. The first-order chi connectivity index (χ1) is 8.34. The van der Waals surface area contributed by atoms with Gasteiger partial charge in [-0.1, -0.05) is 17.2 Å². The van der Waals surface area contributed by atoms with Crippen LogP contribution in [0.15, 0.2) is 18.0 Å². The van der Waals surface area contributed by atoms with Crippen LogP contribution in [-0.4, -0.2) is 11.5 Å². The number of rotatable bonds is 2. The fourth-order valence-corrected chi connectivity index (χ4v) is 2.51. The molecule has 0 saturated heterocycles. The second kappa shape index (κ2) is 4.67. The first kappa shape index (κ1) is 11.1. The summed E-state index contributed by atoms with van der Waals surface area (Å²) >= 11 is 6.41. The van der Waals surface area contributed by atoms with Gasteiger partial charge < -0.3 is 10.6 Å². The molecule has 3 rings (SSSR count). The molecule has 1 aliphatic carbocycles. The van der Waals surface area contributed by atoms with Gasteiger partial charge in [0.15, 0.2) is 0 Å². The number of allylic oxidation sites excluding steroid dienone is 1. The van der Waals surface area contributed by atoms with Crippen molar-refractivity contribution in [3.8, 4) is 0 Å². The van der Waals surface area contributed by atoms with E-state index in [0.717, 1.165) is 35.9 Å². The Hall–Kier alpha value is -1.06. The summed E-state index contributed by atoms with van der Waals surface area (Å²) in [5, 5.41) is 7.43. The Labute approximate surface area is 106 Å². The Kier molecular flexibility index (Phi) is 3.04. The molecular weight excluding hydrogens is 234 g/mol. The third-order valence-electron chi connectivity index (χ3n) is 3.47. The molecule has 0 spiro atoms. The van der Waals surface area contributed by atoms with E-state index in [9.17, 15) is 0 Å². The summed E-state index contributed by atoms with van der Waals surface area (Å²) in [6.45, 7) is 1.81. The quantitative estimate of drug-likeness (QED) is 0.846. The SMILES string of the molecule is Clc1c(NC=C2CCC2)cnc2c1CCNC2. The molecule has 2 aliphatic rings. The topological polar surface area (TPSA) is 37.0 Å². The molecule has 1 aromatic heterocycles. The molecule has 4 heteroatoms. The van der Waals surface area contributed by atoms with Crippen molar-refractivity contribution in [2.75, 3.05) is 11.9 Å². The lowest BCUT2D eigenvalue weighted by Gasteiger charge is -2.20. The molecule has 0 unspecified atom stereocenters. The van der Waals surface area contributed by atoms with Crippen LogP contribution in [0.25, 0.3) is 0 Å². The molecule has 2 heterocycles. The van der Waals surface area contributed by atoms with Crippen molar-refractivity contribution in [1.29, 1.82) is 0 Å². The standard InChI is InChI=1S/C13H16ClN3/c14-13-10-4-5-15-7-11(10)17-8-12(13)16-6-9-2-1-3-9/h6,8,15-16H,1-5,7H2. The molecule has 1 saturated carbocycles. The number of nitrogens with zero attached hydrogens (tertiary/aromatic N) is 1. The van der Waals surface area contributed by atoms with E-state index in [-0.39, 0.29) is 0 Å². The van der Waals surface area contributed by atoms with E-state index in [2.05, 4.69) is 21.8 Å². The van der Waals surface area contributed by atoms with Crippen LogP contribution < -0.4 is 10.6 Å². The number of halogens is 1. The lowest BCUT2D eigenvalue weighted by Crippen LogP contribution is -2.25. The van der Waals surface area contributed by atoms with Crippen molar-refractivity contribution in [1.82, 2.24) is 10.3 Å². The second-order valence-electron chi connectivity index (χ2n) is 4.64. The maximum atomic E-state index is 6.41. The van der Waals surface area contributed by atoms with Gasteiger partial charge in [-0.2, -0.15) is 0 Å². The Bertz CT molecular complexity index is 462. The molecule has 17 heavy (non-hydrogen) atoms. The van der Waals surface area contributed by atoms with Gasteiger partial charge in [0.1, 0.15) is 0 Å². The fourth-order valence-electron chi connectivity index (χ4n) is 2.20. The van der Waals surface area contributed by atoms with E-state index in [1.807, 2.05) is 6.20 Å². The first-order valence-electron chi connectivity index (χ1n) is 6.16.